The van der Waals surface area contributed by atoms with Gasteiger partial charge in [-0.25, -0.2) is 9.79 Å². The van der Waals surface area contributed by atoms with Crippen molar-refractivity contribution in [3.8, 4) is 0 Å². The largest absolute Gasteiger partial charge is 0.380 e. The number of ether oxygens (including phenoxy) is 1. The van der Waals surface area contributed by atoms with Gasteiger partial charge in [0.1, 0.15) is 0 Å². The Hall–Kier alpha value is -2.36. The minimum absolute atomic E-state index is 0.148. The quantitative estimate of drug-likeness (QED) is 0.623. The van der Waals surface area contributed by atoms with E-state index in [4.69, 9.17) is 9.73 Å². The number of rotatable bonds is 5. The molecule has 0 bridgehead atoms. The molecule has 10 heteroatoms. The smallest absolute Gasteiger partial charge is 0.325 e. The highest BCUT2D eigenvalue weighted by Gasteiger charge is 2.49. The minimum atomic E-state index is -0.557. The summed E-state index contributed by atoms with van der Waals surface area (Å²) in [5.41, 5.74) is 0. The fourth-order valence-corrected chi connectivity index (χ4v) is 3.70. The van der Waals surface area contributed by atoms with E-state index in [9.17, 15) is 14.4 Å². The number of nitrogens with zero attached hydrogens (tertiary/aromatic N) is 5. The first kappa shape index (κ1) is 19.4. The molecule has 3 aliphatic rings. The van der Waals surface area contributed by atoms with Crippen LogP contribution < -0.4 is 5.32 Å². The van der Waals surface area contributed by atoms with Crippen LogP contribution in [0.15, 0.2) is 4.99 Å². The first-order chi connectivity index (χ1) is 13.0. The number of guanidine groups is 1. The molecule has 10 nitrogen and oxygen atoms in total. The zero-order valence-electron chi connectivity index (χ0n) is 16.2. The van der Waals surface area contributed by atoms with Crippen molar-refractivity contribution in [2.24, 2.45) is 4.99 Å². The summed E-state index contributed by atoms with van der Waals surface area (Å²) in [6.07, 6.45) is -0.0447. The first-order valence-corrected chi connectivity index (χ1v) is 9.50. The van der Waals surface area contributed by atoms with Crippen LogP contribution in [0, 0.1) is 0 Å². The Morgan fingerprint density at radius 2 is 1.93 bits per heavy atom. The van der Waals surface area contributed by atoms with E-state index < -0.39 is 18.2 Å². The molecule has 4 amide bonds. The number of fused-ring (bicyclic) bond motifs is 1. The van der Waals surface area contributed by atoms with Gasteiger partial charge in [0.25, 0.3) is 5.91 Å². The number of imide groups is 1. The lowest BCUT2D eigenvalue weighted by atomic mass is 10.1. The van der Waals surface area contributed by atoms with Gasteiger partial charge in [-0.05, 0) is 6.92 Å². The van der Waals surface area contributed by atoms with Crippen molar-refractivity contribution in [2.45, 2.75) is 32.5 Å². The molecule has 0 spiro atoms. The van der Waals surface area contributed by atoms with Crippen LogP contribution in [0.1, 0.15) is 20.3 Å². The van der Waals surface area contributed by atoms with Crippen LogP contribution in [-0.4, -0.2) is 109 Å². The van der Waals surface area contributed by atoms with Crippen LogP contribution in [0.2, 0.25) is 0 Å². The van der Waals surface area contributed by atoms with Crippen LogP contribution in [0.4, 0.5) is 4.79 Å². The Balaban J connectivity index is 1.77. The third-order valence-electron chi connectivity index (χ3n) is 5.24. The van der Waals surface area contributed by atoms with E-state index >= 15 is 0 Å². The zero-order chi connectivity index (χ0) is 19.6. The summed E-state index contributed by atoms with van der Waals surface area (Å²) in [5.74, 6) is 0.512. The van der Waals surface area contributed by atoms with Gasteiger partial charge in [-0.3, -0.25) is 14.9 Å². The highest BCUT2D eigenvalue weighted by atomic mass is 16.5. The maximum atomic E-state index is 12.5. The van der Waals surface area contributed by atoms with Gasteiger partial charge in [-0.15, -0.1) is 0 Å². The molecule has 0 aromatic carbocycles. The topological polar surface area (TPSA) is 97.8 Å². The number of amides is 4. The lowest BCUT2D eigenvalue weighted by molar-refractivity contribution is -0.132. The van der Waals surface area contributed by atoms with E-state index in [0.717, 1.165) is 0 Å². The van der Waals surface area contributed by atoms with E-state index in [2.05, 4.69) is 10.2 Å². The van der Waals surface area contributed by atoms with Gasteiger partial charge >= 0.3 is 6.03 Å². The van der Waals surface area contributed by atoms with Crippen LogP contribution in [-0.2, 0) is 14.3 Å². The molecule has 2 atom stereocenters. The molecule has 1 N–H and O–H groups in total. The van der Waals surface area contributed by atoms with Crippen molar-refractivity contribution in [1.82, 2.24) is 24.9 Å². The number of carbonyl (C=O) groups excluding carboxylic acids is 3. The predicted molar refractivity (Wildman–Crippen MR) is 98.0 cm³/mol. The maximum Gasteiger partial charge on any atom is 0.325 e. The molecule has 3 rings (SSSR count). The maximum absolute atomic E-state index is 12.5. The number of likely N-dealkylation sites (N-methyl/N-ethyl adjacent to an activating group) is 1. The van der Waals surface area contributed by atoms with E-state index in [1.165, 1.54) is 4.90 Å². The number of hydrogen-bond acceptors (Lipinski definition) is 7. The molecular weight excluding hydrogens is 352 g/mol. The minimum Gasteiger partial charge on any atom is -0.380 e. The summed E-state index contributed by atoms with van der Waals surface area (Å²) in [6.45, 7) is 7.91. The number of urea groups is 1. The summed E-state index contributed by atoms with van der Waals surface area (Å²) in [4.78, 5) is 48.4. The van der Waals surface area contributed by atoms with Crippen molar-refractivity contribution < 1.29 is 19.1 Å². The summed E-state index contributed by atoms with van der Waals surface area (Å²) < 4.78 is 5.48. The molecule has 0 radical (unpaired) electrons. The molecule has 27 heavy (non-hydrogen) atoms. The van der Waals surface area contributed by atoms with Crippen LogP contribution in [0.5, 0.6) is 0 Å². The second-order valence-electron chi connectivity index (χ2n) is 6.80. The Labute approximate surface area is 159 Å². The van der Waals surface area contributed by atoms with Gasteiger partial charge in [0.05, 0.1) is 6.61 Å². The van der Waals surface area contributed by atoms with Crippen molar-refractivity contribution in [1.29, 1.82) is 0 Å². The molecule has 150 valence electrons. The van der Waals surface area contributed by atoms with Gasteiger partial charge in [0.15, 0.2) is 18.2 Å². The van der Waals surface area contributed by atoms with Gasteiger partial charge < -0.3 is 24.3 Å². The average molecular weight is 380 g/mol. The summed E-state index contributed by atoms with van der Waals surface area (Å²) in [5, 5.41) is 2.39. The van der Waals surface area contributed by atoms with Crippen LogP contribution in [0.3, 0.4) is 0 Å². The third-order valence-corrected chi connectivity index (χ3v) is 5.24. The monoisotopic (exact) mass is 380 g/mol. The van der Waals surface area contributed by atoms with Crippen molar-refractivity contribution in [2.75, 3.05) is 53.0 Å². The highest BCUT2D eigenvalue weighted by molar-refractivity contribution is 6.03. The third kappa shape index (κ3) is 3.71. The number of nitrogens with one attached hydrogen (secondary N) is 1. The Bertz CT molecular complexity index is 631. The Kier molecular flexibility index (Phi) is 5.83. The van der Waals surface area contributed by atoms with E-state index in [1.807, 2.05) is 23.6 Å². The number of carbonyl (C=O) groups is 3. The molecule has 3 aliphatic heterocycles. The van der Waals surface area contributed by atoms with E-state index in [1.54, 1.807) is 7.05 Å². The lowest BCUT2D eigenvalue weighted by Crippen LogP contribution is -2.65. The van der Waals surface area contributed by atoms with Crippen LogP contribution >= 0.6 is 0 Å². The standard InChI is InChI=1S/C17H28N6O4/c1-4-12(24)21-6-8-22(9-7-21)16-18-14-13(23(16)10-11-27-5-2)15(25)19-17(26)20(14)3/h13-14H,4-11H2,1-3H3,(H,19,25,26). The molecule has 0 aliphatic carbocycles. The number of piperazine rings is 1. The van der Waals surface area contributed by atoms with Gasteiger partial charge in [-0.1, -0.05) is 6.92 Å². The highest BCUT2D eigenvalue weighted by Crippen LogP contribution is 2.25. The number of hydrogen-bond donors (Lipinski definition) is 1. The fourth-order valence-electron chi connectivity index (χ4n) is 3.70. The molecule has 2 unspecified atom stereocenters. The normalized spacial score (nSPS) is 25.5. The molecule has 0 aromatic heterocycles. The molecule has 0 saturated carbocycles. The molecular formula is C17H28N6O4. The van der Waals surface area contributed by atoms with Crippen molar-refractivity contribution in [3.05, 3.63) is 0 Å². The second kappa shape index (κ2) is 8.12. The second-order valence-corrected chi connectivity index (χ2v) is 6.80. The number of aliphatic imine (C=N–C) groups is 1. The van der Waals surface area contributed by atoms with E-state index in [-0.39, 0.29) is 11.8 Å². The molecule has 0 aromatic rings. The van der Waals surface area contributed by atoms with Crippen molar-refractivity contribution in [3.63, 3.8) is 0 Å². The zero-order valence-corrected chi connectivity index (χ0v) is 16.2. The van der Waals surface area contributed by atoms with Gasteiger partial charge in [-0.2, -0.15) is 0 Å². The summed E-state index contributed by atoms with van der Waals surface area (Å²) in [7, 11) is 1.64. The van der Waals surface area contributed by atoms with Crippen molar-refractivity contribution >= 4 is 23.8 Å². The van der Waals surface area contributed by atoms with Gasteiger partial charge in [0, 0.05) is 52.8 Å². The van der Waals surface area contributed by atoms with Crippen LogP contribution in [0.25, 0.3) is 0 Å². The first-order valence-electron chi connectivity index (χ1n) is 9.50. The SMILES string of the molecule is CCOCCN1C(N2CCN(C(=O)CC)CC2)=NC2C1C(=O)NC(=O)N2C. The summed E-state index contributed by atoms with van der Waals surface area (Å²) in [6, 6.07) is -0.993. The average Bonchev–Trinajstić information content (AvgIpc) is 3.06. The lowest BCUT2D eigenvalue weighted by Gasteiger charge is -2.40. The molecule has 2 saturated heterocycles. The predicted octanol–water partition coefficient (Wildman–Crippen LogP) is -0.875. The molecule has 2 fully saturated rings. The van der Waals surface area contributed by atoms with E-state index in [0.29, 0.717) is 58.3 Å². The fraction of sp³-hybridized carbons (Fsp3) is 0.765. The van der Waals surface area contributed by atoms with Gasteiger partial charge in [0.2, 0.25) is 5.91 Å². The Morgan fingerprint density at radius 3 is 2.56 bits per heavy atom. The Morgan fingerprint density at radius 1 is 1.22 bits per heavy atom. The summed E-state index contributed by atoms with van der Waals surface area (Å²) >= 11 is 0. The molecule has 3 heterocycles.